The van der Waals surface area contributed by atoms with Gasteiger partial charge in [0.25, 0.3) is 0 Å². The molecule has 0 aromatic rings. The van der Waals surface area contributed by atoms with E-state index in [1.807, 2.05) is 0 Å². The monoisotopic (exact) mass is 553 g/mol. The van der Waals surface area contributed by atoms with Crippen molar-refractivity contribution < 1.29 is 67.0 Å². The fraction of sp³-hybridized carbons (Fsp3) is 0.783. The van der Waals surface area contributed by atoms with Crippen molar-refractivity contribution in [2.24, 2.45) is 0 Å². The van der Waals surface area contributed by atoms with E-state index in [1.54, 1.807) is 6.92 Å². The highest BCUT2D eigenvalue weighted by Crippen LogP contribution is 2.17. The van der Waals surface area contributed by atoms with Crippen molar-refractivity contribution in [2.75, 3.05) is 59.4 Å². The van der Waals surface area contributed by atoms with Crippen molar-refractivity contribution in [2.45, 2.75) is 59.2 Å². The summed E-state index contributed by atoms with van der Waals surface area (Å²) in [5.74, 6) is -3.50. The largest absolute Gasteiger partial charge is 0.480 e. The van der Waals surface area contributed by atoms with E-state index in [4.69, 9.17) is 43.0 Å². The van der Waals surface area contributed by atoms with Gasteiger partial charge in [0, 0.05) is 27.7 Å². The molecule has 0 bridgehead atoms. The van der Waals surface area contributed by atoms with E-state index in [1.165, 1.54) is 13.8 Å². The molecule has 38 heavy (non-hydrogen) atoms. The standard InChI is InChI=1S/C23H39NO14/c1-15(25)24-12-20(36-17(3)27)23(37-18(4)28)21(13-35-16(2)26)38-19(5)34-11-10-32-7-6-31-8-9-33-14-22(29)30/h19-21,23H,6-14H2,1-5H3,(H,24,25)(H,29,30)/t19-,20-,21-,23-/m1/s1. The van der Waals surface area contributed by atoms with Crippen molar-refractivity contribution >= 4 is 29.8 Å². The summed E-state index contributed by atoms with van der Waals surface area (Å²) in [6.07, 6.45) is -4.40. The van der Waals surface area contributed by atoms with Crippen LogP contribution in [0.3, 0.4) is 0 Å². The number of hydrogen-bond donors (Lipinski definition) is 2. The molecule has 0 spiro atoms. The second-order valence-electron chi connectivity index (χ2n) is 7.75. The lowest BCUT2D eigenvalue weighted by Gasteiger charge is -2.33. The van der Waals surface area contributed by atoms with Crippen LogP contribution in [-0.4, -0.2) is 119 Å². The molecule has 15 heteroatoms. The number of nitrogens with one attached hydrogen (secondary N) is 1. The first-order valence-corrected chi connectivity index (χ1v) is 11.9. The molecule has 220 valence electrons. The highest BCUT2D eigenvalue weighted by atomic mass is 16.7. The Morgan fingerprint density at radius 3 is 1.79 bits per heavy atom. The first kappa shape index (κ1) is 35.2. The summed E-state index contributed by atoms with van der Waals surface area (Å²) in [6.45, 7) is 6.55. The number of ether oxygens (including phenoxy) is 8. The van der Waals surface area contributed by atoms with E-state index >= 15 is 0 Å². The molecule has 15 nitrogen and oxygen atoms in total. The molecule has 0 aliphatic rings. The molecule has 0 aromatic heterocycles. The Hall–Kier alpha value is -2.85. The number of carbonyl (C=O) groups excluding carboxylic acids is 4. The van der Waals surface area contributed by atoms with Gasteiger partial charge in [-0.1, -0.05) is 0 Å². The zero-order valence-corrected chi connectivity index (χ0v) is 22.4. The molecule has 0 saturated heterocycles. The van der Waals surface area contributed by atoms with Gasteiger partial charge in [-0.05, 0) is 6.92 Å². The van der Waals surface area contributed by atoms with Gasteiger partial charge >= 0.3 is 23.9 Å². The minimum atomic E-state index is -1.25. The first-order chi connectivity index (χ1) is 17.9. The fourth-order valence-corrected chi connectivity index (χ4v) is 2.83. The maximum atomic E-state index is 11.8. The van der Waals surface area contributed by atoms with Crippen LogP contribution in [0.15, 0.2) is 0 Å². The lowest BCUT2D eigenvalue weighted by atomic mass is 10.1. The van der Waals surface area contributed by atoms with Gasteiger partial charge in [-0.25, -0.2) is 4.79 Å². The Kier molecular flexibility index (Phi) is 19.5. The van der Waals surface area contributed by atoms with Gasteiger partial charge in [-0.3, -0.25) is 19.2 Å². The van der Waals surface area contributed by atoms with Gasteiger partial charge in [0.15, 0.2) is 18.5 Å². The Labute approximate surface area is 221 Å². The fourth-order valence-electron chi connectivity index (χ4n) is 2.83. The van der Waals surface area contributed by atoms with E-state index < -0.39 is 54.4 Å². The average molecular weight is 554 g/mol. The van der Waals surface area contributed by atoms with Gasteiger partial charge < -0.3 is 48.3 Å². The molecule has 0 aliphatic heterocycles. The minimum absolute atomic E-state index is 0.112. The number of carbonyl (C=O) groups is 5. The van der Waals surface area contributed by atoms with Crippen LogP contribution in [0, 0.1) is 0 Å². The van der Waals surface area contributed by atoms with Crippen LogP contribution >= 0.6 is 0 Å². The maximum absolute atomic E-state index is 11.8. The van der Waals surface area contributed by atoms with Gasteiger partial charge in [0.2, 0.25) is 5.91 Å². The summed E-state index contributed by atoms with van der Waals surface area (Å²) in [5.41, 5.74) is 0. The van der Waals surface area contributed by atoms with Gasteiger partial charge in [-0.15, -0.1) is 0 Å². The second-order valence-corrected chi connectivity index (χ2v) is 7.75. The van der Waals surface area contributed by atoms with Crippen LogP contribution in [0.1, 0.15) is 34.6 Å². The zero-order valence-electron chi connectivity index (χ0n) is 22.4. The number of aliphatic carboxylic acids is 1. The SMILES string of the molecule is CC(=O)NC[C@@H](OC(C)=O)[C@@H](OC(C)=O)[C@@H](COC(C)=O)O[C@H](C)OCCOCCOCCOCC(=O)O. The van der Waals surface area contributed by atoms with Gasteiger partial charge in [0.05, 0.1) is 46.2 Å². The molecule has 0 aliphatic carbocycles. The van der Waals surface area contributed by atoms with Crippen LogP contribution < -0.4 is 5.32 Å². The Balaban J connectivity index is 4.87. The maximum Gasteiger partial charge on any atom is 0.329 e. The predicted octanol–water partition coefficient (Wildman–Crippen LogP) is -0.569. The highest BCUT2D eigenvalue weighted by molar-refractivity contribution is 5.73. The lowest BCUT2D eigenvalue weighted by molar-refractivity contribution is -0.222. The van der Waals surface area contributed by atoms with Crippen LogP contribution in [0.25, 0.3) is 0 Å². The van der Waals surface area contributed by atoms with Crippen molar-refractivity contribution in [3.8, 4) is 0 Å². The topological polar surface area (TPSA) is 191 Å². The Morgan fingerprint density at radius 2 is 1.29 bits per heavy atom. The van der Waals surface area contributed by atoms with Gasteiger partial charge in [-0.2, -0.15) is 0 Å². The normalized spacial score (nSPS) is 14.0. The van der Waals surface area contributed by atoms with Gasteiger partial charge in [0.1, 0.15) is 19.3 Å². The number of rotatable bonds is 22. The summed E-state index contributed by atoms with van der Waals surface area (Å²) in [6, 6.07) is 0. The molecular formula is C23H39NO14. The number of esters is 3. The van der Waals surface area contributed by atoms with Crippen molar-refractivity contribution in [3.63, 3.8) is 0 Å². The molecule has 0 fully saturated rings. The van der Waals surface area contributed by atoms with Crippen molar-refractivity contribution in [3.05, 3.63) is 0 Å². The smallest absolute Gasteiger partial charge is 0.329 e. The van der Waals surface area contributed by atoms with Crippen LogP contribution in [-0.2, 0) is 61.9 Å². The van der Waals surface area contributed by atoms with E-state index in [2.05, 4.69) is 5.32 Å². The summed E-state index contributed by atoms with van der Waals surface area (Å²) in [7, 11) is 0. The second kappa shape index (κ2) is 21.1. The number of carboxylic acids is 1. The average Bonchev–Trinajstić information content (AvgIpc) is 2.80. The molecule has 2 N–H and O–H groups in total. The molecule has 4 atom stereocenters. The minimum Gasteiger partial charge on any atom is -0.480 e. The van der Waals surface area contributed by atoms with Crippen molar-refractivity contribution in [1.82, 2.24) is 5.32 Å². The van der Waals surface area contributed by atoms with Crippen molar-refractivity contribution in [1.29, 1.82) is 0 Å². The molecule has 0 saturated carbocycles. The highest BCUT2D eigenvalue weighted by Gasteiger charge is 2.37. The van der Waals surface area contributed by atoms with E-state index in [0.29, 0.717) is 0 Å². The molecule has 0 radical (unpaired) electrons. The summed E-state index contributed by atoms with van der Waals surface area (Å²) < 4.78 is 42.4. The molecule has 0 rings (SSSR count). The summed E-state index contributed by atoms with van der Waals surface area (Å²) >= 11 is 0. The third-order valence-electron chi connectivity index (χ3n) is 4.27. The number of hydrogen-bond acceptors (Lipinski definition) is 13. The Morgan fingerprint density at radius 1 is 0.737 bits per heavy atom. The predicted molar refractivity (Wildman–Crippen MR) is 127 cm³/mol. The summed E-state index contributed by atoms with van der Waals surface area (Å²) in [4.78, 5) is 56.6. The third kappa shape index (κ3) is 20.2. The molecule has 0 unspecified atom stereocenters. The van der Waals surface area contributed by atoms with Crippen LogP contribution in [0.4, 0.5) is 0 Å². The third-order valence-corrected chi connectivity index (χ3v) is 4.27. The number of carboxylic acid groups (broad SMARTS) is 1. The van der Waals surface area contributed by atoms with E-state index in [9.17, 15) is 24.0 Å². The quantitative estimate of drug-likeness (QED) is 0.0749. The van der Waals surface area contributed by atoms with Crippen LogP contribution in [0.2, 0.25) is 0 Å². The number of amides is 1. The molecular weight excluding hydrogens is 514 g/mol. The molecule has 0 heterocycles. The lowest BCUT2D eigenvalue weighted by Crippen LogP contribution is -2.52. The zero-order chi connectivity index (χ0) is 28.9. The molecule has 1 amide bonds. The summed E-state index contributed by atoms with van der Waals surface area (Å²) in [5, 5.41) is 10.9. The van der Waals surface area contributed by atoms with E-state index in [0.717, 1.165) is 13.8 Å². The molecule has 0 aromatic carbocycles. The van der Waals surface area contributed by atoms with E-state index in [-0.39, 0.29) is 59.4 Å². The Bertz CT molecular complexity index is 731. The van der Waals surface area contributed by atoms with Crippen LogP contribution in [0.5, 0.6) is 0 Å². The first-order valence-electron chi connectivity index (χ1n) is 11.9.